The number of carbonyl (C=O) groups excluding carboxylic acids is 2. The average Bonchev–Trinajstić information content (AvgIpc) is 3.26. The molecule has 1 fully saturated rings. The normalized spacial score (nSPS) is 22.0. The van der Waals surface area contributed by atoms with Crippen molar-refractivity contribution in [2.45, 2.75) is 69.9 Å². The van der Waals surface area contributed by atoms with Gasteiger partial charge in [-0.25, -0.2) is 9.59 Å². The number of benzene rings is 5. The van der Waals surface area contributed by atoms with Crippen molar-refractivity contribution in [2.75, 3.05) is 13.2 Å². The van der Waals surface area contributed by atoms with Crippen LogP contribution in [0.15, 0.2) is 163 Å². The quantitative estimate of drug-likeness (QED) is 0.0931. The van der Waals surface area contributed by atoms with Crippen LogP contribution in [-0.4, -0.2) is 55.7 Å². The van der Waals surface area contributed by atoms with Crippen molar-refractivity contribution in [1.82, 2.24) is 10.6 Å². The second kappa shape index (κ2) is 20.0. The topological polar surface area (TPSA) is 114 Å². The Hall–Kier alpha value is -5.62. The van der Waals surface area contributed by atoms with E-state index in [1.807, 2.05) is 152 Å². The molecule has 0 bridgehead atoms. The molecule has 0 aromatic heterocycles. The van der Waals surface area contributed by atoms with Crippen LogP contribution < -0.4 is 10.6 Å². The van der Waals surface area contributed by atoms with Crippen molar-refractivity contribution in [1.29, 1.82) is 0 Å². The molecular weight excluding hydrogens is 721 g/mol. The van der Waals surface area contributed by atoms with Gasteiger partial charge in [0.25, 0.3) is 0 Å². The second-order valence-electron chi connectivity index (χ2n) is 13.9. The van der Waals surface area contributed by atoms with Crippen LogP contribution >= 0.6 is 0 Å². The van der Waals surface area contributed by atoms with Crippen LogP contribution in [0.2, 0.25) is 0 Å². The monoisotopic (exact) mass is 768 g/mol. The highest BCUT2D eigenvalue weighted by molar-refractivity contribution is 5.95. The van der Waals surface area contributed by atoms with Gasteiger partial charge in [0.15, 0.2) is 0 Å². The smallest absolute Gasteiger partial charge is 0.338 e. The lowest BCUT2D eigenvalue weighted by molar-refractivity contribution is -0.266. The largest absolute Gasteiger partial charge is 0.463 e. The fraction of sp³-hybridized carbons (Fsp3) is 0.277. The van der Waals surface area contributed by atoms with E-state index in [4.69, 9.17) is 28.4 Å². The molecule has 0 aliphatic carbocycles. The lowest BCUT2D eigenvalue weighted by Crippen LogP contribution is -2.64. The maximum atomic E-state index is 14.1. The Labute approximate surface area is 333 Å². The highest BCUT2D eigenvalue weighted by atomic mass is 16.6. The molecule has 2 N–H and O–H groups in total. The fourth-order valence-corrected chi connectivity index (χ4v) is 7.16. The molecule has 2 aliphatic rings. The molecule has 2 aliphatic heterocycles. The molecule has 0 radical (unpaired) electrons. The number of ether oxygens (including phenoxy) is 6. The standard InChI is InChI=1S/C47H48N2O8/c1-2-53-46(50)39-40(37-26-16-7-17-27-37)48-47(51)49-41(39)43-45(56-31-36-24-14-6-15-25-36)44(55-30-35-22-12-5-13-23-35)42(54-29-34-20-10-4-11-21-34)38(57-43)32-52-28-33-18-8-3-9-19-33/h3-27,38,40,42-45H,2,28-32H2,1H3,(H2,48,49,51)/t38-,40-,42-,43+,44+,45-/m1/s1. The summed E-state index contributed by atoms with van der Waals surface area (Å²) in [5.74, 6) is -0.597. The van der Waals surface area contributed by atoms with E-state index in [9.17, 15) is 9.59 Å². The van der Waals surface area contributed by atoms with E-state index in [2.05, 4.69) is 10.6 Å². The van der Waals surface area contributed by atoms with Crippen LogP contribution in [0.4, 0.5) is 4.79 Å². The van der Waals surface area contributed by atoms with Crippen molar-refractivity contribution in [3.63, 3.8) is 0 Å². The predicted octanol–water partition coefficient (Wildman–Crippen LogP) is 7.60. The first-order valence-corrected chi connectivity index (χ1v) is 19.3. The van der Waals surface area contributed by atoms with Gasteiger partial charge in [-0.15, -0.1) is 0 Å². The molecule has 0 spiro atoms. The van der Waals surface area contributed by atoms with Gasteiger partial charge in [-0.3, -0.25) is 0 Å². The molecule has 5 aromatic rings. The van der Waals surface area contributed by atoms with Crippen LogP contribution in [0.1, 0.15) is 40.8 Å². The minimum atomic E-state index is -1.03. The zero-order valence-corrected chi connectivity index (χ0v) is 31.9. The highest BCUT2D eigenvalue weighted by Crippen LogP contribution is 2.38. The molecule has 10 heteroatoms. The number of rotatable bonds is 17. The Morgan fingerprint density at radius 2 is 1.05 bits per heavy atom. The summed E-state index contributed by atoms with van der Waals surface area (Å²) in [6, 6.07) is 47.4. The van der Waals surface area contributed by atoms with Crippen LogP contribution in [-0.2, 0) is 59.6 Å². The fourth-order valence-electron chi connectivity index (χ4n) is 7.16. The van der Waals surface area contributed by atoms with Crippen LogP contribution in [0.3, 0.4) is 0 Å². The van der Waals surface area contributed by atoms with Gasteiger partial charge in [0.05, 0.1) is 57.0 Å². The summed E-state index contributed by atoms with van der Waals surface area (Å²) in [4.78, 5) is 27.8. The SMILES string of the molecule is CCOC(=O)C1=C([C@@H]2O[C@H](COCc3ccccc3)[C@@H](OCc3ccccc3)[C@H](OCc3ccccc3)[C@@H]2OCc2ccccc2)NC(=O)N[C@@H]1c1ccccc1. The van der Waals surface area contributed by atoms with E-state index in [0.717, 1.165) is 22.3 Å². The van der Waals surface area contributed by atoms with E-state index in [0.29, 0.717) is 12.2 Å². The summed E-state index contributed by atoms with van der Waals surface area (Å²) in [5, 5.41) is 5.91. The number of hydrogen-bond donors (Lipinski definition) is 2. The minimum absolute atomic E-state index is 0.109. The van der Waals surface area contributed by atoms with Gasteiger partial charge in [0.2, 0.25) is 0 Å². The first kappa shape index (κ1) is 39.6. The van der Waals surface area contributed by atoms with E-state index < -0.39 is 48.6 Å². The summed E-state index contributed by atoms with van der Waals surface area (Å²) in [5.41, 5.74) is 4.97. The maximum Gasteiger partial charge on any atom is 0.338 e. The van der Waals surface area contributed by atoms with Gasteiger partial charge in [-0.05, 0) is 34.7 Å². The van der Waals surface area contributed by atoms with Crippen molar-refractivity contribution in [2.24, 2.45) is 0 Å². The van der Waals surface area contributed by atoms with Crippen molar-refractivity contribution in [3.05, 3.63) is 191 Å². The van der Waals surface area contributed by atoms with E-state index in [1.54, 1.807) is 6.92 Å². The van der Waals surface area contributed by atoms with Crippen LogP contribution in [0.25, 0.3) is 0 Å². The van der Waals surface area contributed by atoms with Gasteiger partial charge < -0.3 is 39.1 Å². The summed E-state index contributed by atoms with van der Waals surface area (Å²) < 4.78 is 39.7. The molecule has 5 aromatic carbocycles. The summed E-state index contributed by atoms with van der Waals surface area (Å²) in [6.45, 7) is 2.99. The molecule has 7 rings (SSSR count). The number of amides is 2. The van der Waals surface area contributed by atoms with Crippen molar-refractivity contribution < 1.29 is 38.0 Å². The highest BCUT2D eigenvalue weighted by Gasteiger charge is 2.52. The molecule has 0 saturated carbocycles. The molecular formula is C47H48N2O8. The third kappa shape index (κ3) is 10.4. The van der Waals surface area contributed by atoms with Gasteiger partial charge >= 0.3 is 12.0 Å². The van der Waals surface area contributed by atoms with E-state index in [1.165, 1.54) is 0 Å². The molecule has 57 heavy (non-hydrogen) atoms. The van der Waals surface area contributed by atoms with E-state index in [-0.39, 0.29) is 44.3 Å². The zero-order chi connectivity index (χ0) is 39.2. The van der Waals surface area contributed by atoms with Gasteiger partial charge in [0.1, 0.15) is 30.5 Å². The Balaban J connectivity index is 1.34. The molecule has 6 atom stereocenters. The Morgan fingerprint density at radius 3 is 1.56 bits per heavy atom. The number of hydrogen-bond acceptors (Lipinski definition) is 8. The van der Waals surface area contributed by atoms with E-state index >= 15 is 0 Å². The summed E-state index contributed by atoms with van der Waals surface area (Å²) in [7, 11) is 0. The van der Waals surface area contributed by atoms with Crippen molar-refractivity contribution in [3.8, 4) is 0 Å². The molecule has 1 saturated heterocycles. The van der Waals surface area contributed by atoms with Crippen LogP contribution in [0, 0.1) is 0 Å². The predicted molar refractivity (Wildman–Crippen MR) is 214 cm³/mol. The average molecular weight is 769 g/mol. The lowest BCUT2D eigenvalue weighted by Gasteiger charge is -2.48. The number of esters is 1. The number of carbonyl (C=O) groups is 2. The Kier molecular flexibility index (Phi) is 13.9. The first-order valence-electron chi connectivity index (χ1n) is 19.3. The molecule has 2 heterocycles. The third-order valence-electron chi connectivity index (χ3n) is 9.90. The minimum Gasteiger partial charge on any atom is -0.463 e. The Morgan fingerprint density at radius 1 is 0.596 bits per heavy atom. The second-order valence-corrected chi connectivity index (χ2v) is 13.9. The number of nitrogens with one attached hydrogen (secondary N) is 2. The first-order chi connectivity index (χ1) is 28.1. The van der Waals surface area contributed by atoms with Gasteiger partial charge in [-0.2, -0.15) is 0 Å². The number of urea groups is 1. The Bertz CT molecular complexity index is 2030. The van der Waals surface area contributed by atoms with Gasteiger partial charge in [-0.1, -0.05) is 152 Å². The zero-order valence-electron chi connectivity index (χ0n) is 31.9. The van der Waals surface area contributed by atoms with Gasteiger partial charge in [0, 0.05) is 0 Å². The lowest BCUT2D eigenvalue weighted by atomic mass is 9.87. The maximum absolute atomic E-state index is 14.1. The molecule has 0 unspecified atom stereocenters. The summed E-state index contributed by atoms with van der Waals surface area (Å²) in [6.07, 6.45) is -4.16. The molecule has 2 amide bonds. The van der Waals surface area contributed by atoms with Crippen LogP contribution in [0.5, 0.6) is 0 Å². The summed E-state index contributed by atoms with van der Waals surface area (Å²) >= 11 is 0. The third-order valence-corrected chi connectivity index (χ3v) is 9.90. The molecule has 294 valence electrons. The molecule has 10 nitrogen and oxygen atoms in total. The van der Waals surface area contributed by atoms with Crippen molar-refractivity contribution >= 4 is 12.0 Å².